The molecule has 0 spiro atoms. The molecule has 2 atom stereocenters. The first-order valence-corrected chi connectivity index (χ1v) is 5.69. The lowest BCUT2D eigenvalue weighted by molar-refractivity contribution is -0.0387. The number of amides is 1. The highest BCUT2D eigenvalue weighted by Gasteiger charge is 2.28. The third-order valence-corrected chi connectivity index (χ3v) is 2.89. The van der Waals surface area contributed by atoms with Gasteiger partial charge in [-0.15, -0.1) is 0 Å². The molecule has 1 fully saturated rings. The number of rotatable bonds is 1. The summed E-state index contributed by atoms with van der Waals surface area (Å²) in [5.41, 5.74) is 0.166. The summed E-state index contributed by atoms with van der Waals surface area (Å²) in [4.78, 5) is 27.6. The standard InChI is InChI=1S/C12H16N2O3/c1-8-7-17-9(2)6-14(8)12(16)10-3-4-13-11(15)5-10/h3-5,8-9H,6-7H2,1-2H3,(H,13,15). The van der Waals surface area contributed by atoms with Crippen molar-refractivity contribution in [3.8, 4) is 0 Å². The lowest BCUT2D eigenvalue weighted by atomic mass is 10.1. The van der Waals surface area contributed by atoms with Crippen molar-refractivity contribution in [2.45, 2.75) is 26.0 Å². The normalized spacial score (nSPS) is 24.7. The Labute approximate surface area is 99.4 Å². The lowest BCUT2D eigenvalue weighted by Crippen LogP contribution is -2.50. The Morgan fingerprint density at radius 2 is 2.29 bits per heavy atom. The number of nitrogens with one attached hydrogen (secondary N) is 1. The van der Waals surface area contributed by atoms with E-state index < -0.39 is 0 Å². The van der Waals surface area contributed by atoms with Crippen molar-refractivity contribution in [1.29, 1.82) is 0 Å². The van der Waals surface area contributed by atoms with Crippen LogP contribution in [0.2, 0.25) is 0 Å². The van der Waals surface area contributed by atoms with E-state index in [9.17, 15) is 9.59 Å². The predicted octanol–water partition coefficient (Wildman–Crippen LogP) is 0.624. The summed E-state index contributed by atoms with van der Waals surface area (Å²) in [5.74, 6) is -0.112. The molecule has 1 aliphatic heterocycles. The van der Waals surface area contributed by atoms with E-state index in [2.05, 4.69) is 4.98 Å². The topological polar surface area (TPSA) is 62.4 Å². The number of morpholine rings is 1. The van der Waals surface area contributed by atoms with Crippen molar-refractivity contribution in [2.75, 3.05) is 13.2 Å². The summed E-state index contributed by atoms with van der Waals surface area (Å²) in [6, 6.07) is 2.99. The van der Waals surface area contributed by atoms with Crippen molar-refractivity contribution >= 4 is 5.91 Å². The molecule has 92 valence electrons. The number of carbonyl (C=O) groups is 1. The van der Waals surface area contributed by atoms with E-state index in [1.165, 1.54) is 12.3 Å². The molecule has 2 rings (SSSR count). The van der Waals surface area contributed by atoms with Crippen LogP contribution in [0.5, 0.6) is 0 Å². The summed E-state index contributed by atoms with van der Waals surface area (Å²) in [7, 11) is 0. The van der Waals surface area contributed by atoms with Gasteiger partial charge in [0.1, 0.15) is 0 Å². The van der Waals surface area contributed by atoms with Gasteiger partial charge < -0.3 is 14.6 Å². The van der Waals surface area contributed by atoms with Crippen LogP contribution in [-0.4, -0.2) is 41.1 Å². The lowest BCUT2D eigenvalue weighted by Gasteiger charge is -2.36. The van der Waals surface area contributed by atoms with Gasteiger partial charge in [-0.05, 0) is 19.9 Å². The zero-order chi connectivity index (χ0) is 12.4. The molecule has 2 heterocycles. The van der Waals surface area contributed by atoms with E-state index in [0.29, 0.717) is 18.7 Å². The maximum Gasteiger partial charge on any atom is 0.254 e. The number of aromatic nitrogens is 1. The zero-order valence-electron chi connectivity index (χ0n) is 9.97. The maximum atomic E-state index is 12.2. The molecule has 0 saturated carbocycles. The molecule has 1 amide bonds. The number of pyridine rings is 1. The fourth-order valence-electron chi connectivity index (χ4n) is 1.93. The molecule has 0 aliphatic carbocycles. The molecule has 2 unspecified atom stereocenters. The van der Waals surface area contributed by atoms with Crippen LogP contribution in [-0.2, 0) is 4.74 Å². The Kier molecular flexibility index (Phi) is 3.28. The first kappa shape index (κ1) is 11.9. The first-order valence-electron chi connectivity index (χ1n) is 5.69. The van der Waals surface area contributed by atoms with Gasteiger partial charge in [-0.1, -0.05) is 0 Å². The smallest absolute Gasteiger partial charge is 0.254 e. The number of aromatic amines is 1. The molecule has 1 saturated heterocycles. The molecule has 1 aliphatic rings. The summed E-state index contributed by atoms with van der Waals surface area (Å²) in [6.07, 6.45) is 1.53. The minimum Gasteiger partial charge on any atom is -0.375 e. The van der Waals surface area contributed by atoms with Crippen LogP contribution in [0.3, 0.4) is 0 Å². The molecule has 1 aromatic heterocycles. The highest BCUT2D eigenvalue weighted by Crippen LogP contribution is 2.14. The SMILES string of the molecule is CC1CN(C(=O)c2cc[nH]c(=O)c2)C(C)CO1. The average Bonchev–Trinajstić information content (AvgIpc) is 2.31. The quantitative estimate of drug-likeness (QED) is 0.777. The molecular weight excluding hydrogens is 220 g/mol. The Bertz CT molecular complexity index is 469. The highest BCUT2D eigenvalue weighted by molar-refractivity contribution is 5.94. The van der Waals surface area contributed by atoms with Gasteiger partial charge in [0.25, 0.3) is 5.91 Å². The Morgan fingerprint density at radius 3 is 3.00 bits per heavy atom. The Balaban J connectivity index is 2.21. The minimum atomic E-state index is -0.259. The molecule has 0 bridgehead atoms. The predicted molar refractivity (Wildman–Crippen MR) is 63.0 cm³/mol. The van der Waals surface area contributed by atoms with Gasteiger partial charge in [-0.25, -0.2) is 0 Å². The summed E-state index contributed by atoms with van der Waals surface area (Å²) < 4.78 is 5.47. The van der Waals surface area contributed by atoms with E-state index in [1.54, 1.807) is 11.0 Å². The van der Waals surface area contributed by atoms with Crippen molar-refractivity contribution in [3.05, 3.63) is 34.2 Å². The Hall–Kier alpha value is -1.62. The monoisotopic (exact) mass is 236 g/mol. The fraction of sp³-hybridized carbons (Fsp3) is 0.500. The van der Waals surface area contributed by atoms with E-state index in [4.69, 9.17) is 4.74 Å². The Morgan fingerprint density at radius 1 is 1.53 bits per heavy atom. The molecular formula is C12H16N2O3. The number of nitrogens with zero attached hydrogens (tertiary/aromatic N) is 1. The highest BCUT2D eigenvalue weighted by atomic mass is 16.5. The van der Waals surface area contributed by atoms with Crippen molar-refractivity contribution in [2.24, 2.45) is 0 Å². The fourth-order valence-corrected chi connectivity index (χ4v) is 1.93. The van der Waals surface area contributed by atoms with Crippen LogP contribution in [0.4, 0.5) is 0 Å². The van der Waals surface area contributed by atoms with Crippen LogP contribution in [0, 0.1) is 0 Å². The van der Waals surface area contributed by atoms with Gasteiger partial charge in [-0.2, -0.15) is 0 Å². The summed E-state index contributed by atoms with van der Waals surface area (Å²) in [5, 5.41) is 0. The van der Waals surface area contributed by atoms with Crippen molar-refractivity contribution < 1.29 is 9.53 Å². The van der Waals surface area contributed by atoms with Gasteiger partial charge in [0.15, 0.2) is 0 Å². The second-order valence-corrected chi connectivity index (χ2v) is 4.39. The number of H-pyrrole nitrogens is 1. The molecule has 17 heavy (non-hydrogen) atoms. The second-order valence-electron chi connectivity index (χ2n) is 4.39. The minimum absolute atomic E-state index is 0.0390. The molecule has 1 N–H and O–H groups in total. The molecule has 1 aromatic rings. The van der Waals surface area contributed by atoms with Crippen LogP contribution in [0.15, 0.2) is 23.1 Å². The van der Waals surface area contributed by atoms with E-state index in [0.717, 1.165) is 0 Å². The molecule has 5 heteroatoms. The van der Waals surface area contributed by atoms with E-state index in [-0.39, 0.29) is 23.6 Å². The first-order chi connectivity index (χ1) is 8.08. The second kappa shape index (κ2) is 4.71. The van der Waals surface area contributed by atoms with Crippen LogP contribution < -0.4 is 5.56 Å². The summed E-state index contributed by atoms with van der Waals surface area (Å²) in [6.45, 7) is 4.98. The van der Waals surface area contributed by atoms with Gasteiger partial charge in [0, 0.05) is 24.4 Å². The van der Waals surface area contributed by atoms with Crippen LogP contribution in [0.1, 0.15) is 24.2 Å². The molecule has 5 nitrogen and oxygen atoms in total. The molecule has 0 aromatic carbocycles. The third kappa shape index (κ3) is 2.55. The average molecular weight is 236 g/mol. The third-order valence-electron chi connectivity index (χ3n) is 2.89. The van der Waals surface area contributed by atoms with Crippen molar-refractivity contribution in [3.63, 3.8) is 0 Å². The molecule has 0 radical (unpaired) electrons. The van der Waals surface area contributed by atoms with E-state index in [1.807, 2.05) is 13.8 Å². The largest absolute Gasteiger partial charge is 0.375 e. The number of ether oxygens (including phenoxy) is 1. The zero-order valence-corrected chi connectivity index (χ0v) is 9.97. The number of hydrogen-bond donors (Lipinski definition) is 1. The van der Waals surface area contributed by atoms with Gasteiger partial charge in [-0.3, -0.25) is 9.59 Å². The van der Waals surface area contributed by atoms with Gasteiger partial charge in [0.05, 0.1) is 18.8 Å². The van der Waals surface area contributed by atoms with Crippen LogP contribution in [0.25, 0.3) is 0 Å². The maximum absolute atomic E-state index is 12.2. The number of hydrogen-bond acceptors (Lipinski definition) is 3. The summed E-state index contributed by atoms with van der Waals surface area (Å²) >= 11 is 0. The van der Waals surface area contributed by atoms with E-state index >= 15 is 0 Å². The van der Waals surface area contributed by atoms with Crippen molar-refractivity contribution in [1.82, 2.24) is 9.88 Å². The van der Waals surface area contributed by atoms with Gasteiger partial charge >= 0.3 is 0 Å². The van der Waals surface area contributed by atoms with Crippen LogP contribution >= 0.6 is 0 Å². The van der Waals surface area contributed by atoms with Gasteiger partial charge in [0.2, 0.25) is 5.56 Å². The number of carbonyl (C=O) groups excluding carboxylic acids is 1.